The van der Waals surface area contributed by atoms with E-state index in [-0.39, 0.29) is 17.9 Å². The second kappa shape index (κ2) is 5.87. The number of rotatable bonds is 3. The second-order valence-corrected chi connectivity index (χ2v) is 5.29. The number of nitrogens with one attached hydrogen (secondary N) is 2. The SMILES string of the molecule is CC(C)c1ccc(C(=O)NC2CCC(=O)NC2)cc1. The highest BCUT2D eigenvalue weighted by atomic mass is 16.2. The minimum absolute atomic E-state index is 0.0370. The molecule has 1 fully saturated rings. The van der Waals surface area contributed by atoms with Crippen LogP contribution >= 0.6 is 0 Å². The lowest BCUT2D eigenvalue weighted by molar-refractivity contribution is -0.122. The molecule has 102 valence electrons. The van der Waals surface area contributed by atoms with E-state index in [4.69, 9.17) is 0 Å². The van der Waals surface area contributed by atoms with Gasteiger partial charge in [-0.3, -0.25) is 9.59 Å². The Hall–Kier alpha value is -1.84. The normalized spacial score (nSPS) is 19.1. The molecule has 19 heavy (non-hydrogen) atoms. The molecular weight excluding hydrogens is 240 g/mol. The fourth-order valence-electron chi connectivity index (χ4n) is 2.14. The van der Waals surface area contributed by atoms with Gasteiger partial charge in [-0.1, -0.05) is 26.0 Å². The lowest BCUT2D eigenvalue weighted by Gasteiger charge is -2.23. The van der Waals surface area contributed by atoms with Gasteiger partial charge in [0.1, 0.15) is 0 Å². The molecule has 0 saturated carbocycles. The molecule has 0 radical (unpaired) electrons. The van der Waals surface area contributed by atoms with Crippen LogP contribution in [0.15, 0.2) is 24.3 Å². The number of carbonyl (C=O) groups excluding carboxylic acids is 2. The van der Waals surface area contributed by atoms with Crippen LogP contribution in [0.5, 0.6) is 0 Å². The Morgan fingerprint density at radius 2 is 2.00 bits per heavy atom. The van der Waals surface area contributed by atoms with E-state index in [2.05, 4.69) is 24.5 Å². The summed E-state index contributed by atoms with van der Waals surface area (Å²) in [6.07, 6.45) is 1.19. The van der Waals surface area contributed by atoms with Crippen molar-refractivity contribution in [3.05, 3.63) is 35.4 Å². The Balaban J connectivity index is 1.94. The van der Waals surface area contributed by atoms with Gasteiger partial charge in [0.2, 0.25) is 5.91 Å². The first-order chi connectivity index (χ1) is 9.06. The molecule has 2 N–H and O–H groups in total. The Kier molecular flexibility index (Phi) is 4.20. The zero-order chi connectivity index (χ0) is 13.8. The summed E-state index contributed by atoms with van der Waals surface area (Å²) < 4.78 is 0. The highest BCUT2D eigenvalue weighted by Gasteiger charge is 2.20. The molecule has 4 heteroatoms. The van der Waals surface area contributed by atoms with Gasteiger partial charge in [-0.05, 0) is 30.0 Å². The average Bonchev–Trinajstić information content (AvgIpc) is 2.41. The first kappa shape index (κ1) is 13.6. The van der Waals surface area contributed by atoms with E-state index < -0.39 is 0 Å². The van der Waals surface area contributed by atoms with Crippen LogP contribution in [-0.4, -0.2) is 24.4 Å². The maximum Gasteiger partial charge on any atom is 0.251 e. The lowest BCUT2D eigenvalue weighted by atomic mass is 10.0. The average molecular weight is 260 g/mol. The monoisotopic (exact) mass is 260 g/mol. The molecule has 1 atom stereocenters. The van der Waals surface area contributed by atoms with Gasteiger partial charge in [0.05, 0.1) is 0 Å². The van der Waals surface area contributed by atoms with Gasteiger partial charge in [-0.25, -0.2) is 0 Å². The highest BCUT2D eigenvalue weighted by Crippen LogP contribution is 2.15. The summed E-state index contributed by atoms with van der Waals surface area (Å²) in [6, 6.07) is 7.72. The topological polar surface area (TPSA) is 58.2 Å². The minimum atomic E-state index is -0.0727. The van der Waals surface area contributed by atoms with Gasteiger partial charge in [0.25, 0.3) is 5.91 Å². The lowest BCUT2D eigenvalue weighted by Crippen LogP contribution is -2.47. The van der Waals surface area contributed by atoms with E-state index in [9.17, 15) is 9.59 Å². The van der Waals surface area contributed by atoms with Crippen molar-refractivity contribution in [1.29, 1.82) is 0 Å². The van der Waals surface area contributed by atoms with Gasteiger partial charge in [-0.2, -0.15) is 0 Å². The molecule has 1 aromatic rings. The fourth-order valence-corrected chi connectivity index (χ4v) is 2.14. The number of benzene rings is 1. The van der Waals surface area contributed by atoms with E-state index in [1.54, 1.807) is 0 Å². The van der Waals surface area contributed by atoms with E-state index in [0.717, 1.165) is 0 Å². The summed E-state index contributed by atoms with van der Waals surface area (Å²) in [5.74, 6) is 0.453. The molecule has 1 aliphatic rings. The van der Waals surface area contributed by atoms with Crippen LogP contribution in [0.2, 0.25) is 0 Å². The summed E-state index contributed by atoms with van der Waals surface area (Å²) >= 11 is 0. The predicted octanol–water partition coefficient (Wildman–Crippen LogP) is 1.82. The molecule has 1 unspecified atom stereocenters. The summed E-state index contributed by atoms with van der Waals surface area (Å²) in [5.41, 5.74) is 1.89. The number of carbonyl (C=O) groups is 2. The minimum Gasteiger partial charge on any atom is -0.354 e. The van der Waals surface area contributed by atoms with Crippen LogP contribution in [0.3, 0.4) is 0 Å². The maximum absolute atomic E-state index is 12.1. The van der Waals surface area contributed by atoms with E-state index in [1.165, 1.54) is 5.56 Å². The summed E-state index contributed by atoms with van der Waals surface area (Å²) in [4.78, 5) is 23.1. The zero-order valence-electron chi connectivity index (χ0n) is 11.4. The molecular formula is C15H20N2O2. The predicted molar refractivity (Wildman–Crippen MR) is 74.0 cm³/mol. The quantitative estimate of drug-likeness (QED) is 0.871. The van der Waals surface area contributed by atoms with Crippen molar-refractivity contribution in [3.63, 3.8) is 0 Å². The first-order valence-corrected chi connectivity index (χ1v) is 6.74. The number of amides is 2. The summed E-state index contributed by atoms with van der Waals surface area (Å²) in [7, 11) is 0. The van der Waals surface area contributed by atoms with Crippen LogP contribution in [0.4, 0.5) is 0 Å². The van der Waals surface area contributed by atoms with Crippen molar-refractivity contribution in [2.24, 2.45) is 0 Å². The van der Waals surface area contributed by atoms with Crippen LogP contribution in [-0.2, 0) is 4.79 Å². The van der Waals surface area contributed by atoms with Crippen molar-refractivity contribution < 1.29 is 9.59 Å². The molecule has 1 aromatic carbocycles. The van der Waals surface area contributed by atoms with Crippen molar-refractivity contribution in [1.82, 2.24) is 10.6 Å². The summed E-state index contributed by atoms with van der Waals surface area (Å²) in [6.45, 7) is 4.77. The van der Waals surface area contributed by atoms with Gasteiger partial charge in [0.15, 0.2) is 0 Å². The van der Waals surface area contributed by atoms with Crippen molar-refractivity contribution >= 4 is 11.8 Å². The molecule has 1 heterocycles. The van der Waals surface area contributed by atoms with Gasteiger partial charge in [-0.15, -0.1) is 0 Å². The maximum atomic E-state index is 12.1. The fraction of sp³-hybridized carbons (Fsp3) is 0.467. The van der Waals surface area contributed by atoms with Crippen LogP contribution in [0.25, 0.3) is 0 Å². The molecule has 2 amide bonds. The number of hydrogen-bond donors (Lipinski definition) is 2. The van der Waals surface area contributed by atoms with Crippen molar-refractivity contribution in [2.45, 2.75) is 38.6 Å². The molecule has 0 aromatic heterocycles. The van der Waals surface area contributed by atoms with Gasteiger partial charge < -0.3 is 10.6 Å². The smallest absolute Gasteiger partial charge is 0.251 e. The zero-order valence-corrected chi connectivity index (χ0v) is 11.4. The third-order valence-corrected chi connectivity index (χ3v) is 3.44. The third-order valence-electron chi connectivity index (χ3n) is 3.44. The van der Waals surface area contributed by atoms with Crippen LogP contribution in [0.1, 0.15) is 48.5 Å². The number of hydrogen-bond acceptors (Lipinski definition) is 2. The van der Waals surface area contributed by atoms with Crippen LogP contribution < -0.4 is 10.6 Å². The molecule has 1 aliphatic heterocycles. The molecule has 0 aliphatic carbocycles. The molecule has 0 bridgehead atoms. The third kappa shape index (κ3) is 3.56. The van der Waals surface area contributed by atoms with Crippen molar-refractivity contribution in [2.75, 3.05) is 6.54 Å². The standard InChI is InChI=1S/C15H20N2O2/c1-10(2)11-3-5-12(6-4-11)15(19)17-13-7-8-14(18)16-9-13/h3-6,10,13H,7-9H2,1-2H3,(H,16,18)(H,17,19). The molecule has 2 rings (SSSR count). The first-order valence-electron chi connectivity index (χ1n) is 6.74. The largest absolute Gasteiger partial charge is 0.354 e. The molecule has 1 saturated heterocycles. The van der Waals surface area contributed by atoms with Crippen molar-refractivity contribution in [3.8, 4) is 0 Å². The Bertz CT molecular complexity index is 456. The van der Waals surface area contributed by atoms with E-state index >= 15 is 0 Å². The highest BCUT2D eigenvalue weighted by molar-refractivity contribution is 5.94. The van der Waals surface area contributed by atoms with Gasteiger partial charge >= 0.3 is 0 Å². The second-order valence-electron chi connectivity index (χ2n) is 5.29. The Morgan fingerprint density at radius 3 is 2.53 bits per heavy atom. The summed E-state index contributed by atoms with van der Waals surface area (Å²) in [5, 5.41) is 5.71. The van der Waals surface area contributed by atoms with Crippen LogP contribution in [0, 0.1) is 0 Å². The molecule has 0 spiro atoms. The molecule has 4 nitrogen and oxygen atoms in total. The number of piperidine rings is 1. The van der Waals surface area contributed by atoms with E-state index in [0.29, 0.717) is 30.9 Å². The van der Waals surface area contributed by atoms with E-state index in [1.807, 2.05) is 24.3 Å². The Morgan fingerprint density at radius 1 is 1.32 bits per heavy atom. The Labute approximate surface area is 113 Å². The van der Waals surface area contributed by atoms with Gasteiger partial charge in [0, 0.05) is 24.6 Å².